The molecule has 0 saturated heterocycles. The van der Waals surface area contributed by atoms with E-state index >= 15 is 0 Å². The molecule has 1 aliphatic heterocycles. The molecule has 1 aliphatic rings. The van der Waals surface area contributed by atoms with Crippen molar-refractivity contribution in [2.24, 2.45) is 0 Å². The first kappa shape index (κ1) is 4.69. The average Bonchev–Trinajstić information content (AvgIpc) is 1.91. The van der Waals surface area contributed by atoms with Crippen molar-refractivity contribution in [2.75, 3.05) is 0 Å². The van der Waals surface area contributed by atoms with Crippen LogP contribution in [-0.4, -0.2) is 0 Å². The molecule has 0 saturated carbocycles. The lowest BCUT2D eigenvalue weighted by Crippen LogP contribution is -1.96. The second-order valence-corrected chi connectivity index (χ2v) is 2.53. The number of hydrogen-bond acceptors (Lipinski definition) is 1. The van der Waals surface area contributed by atoms with Crippen molar-refractivity contribution < 1.29 is 0 Å². The molecule has 0 atom stereocenters. The molecule has 7 heavy (non-hydrogen) atoms. The minimum absolute atomic E-state index is 1.23. The average molecular weight is 113 g/mol. The molecule has 0 unspecified atom stereocenters. The Kier molecular flexibility index (Phi) is 1.05. The predicted octanol–water partition coefficient (Wildman–Crippen LogP) is 1.49. The summed E-state index contributed by atoms with van der Waals surface area (Å²) in [6, 6.07) is 0. The molecule has 0 radical (unpaired) electrons. The van der Waals surface area contributed by atoms with Crippen LogP contribution in [0.15, 0.2) is 10.6 Å². The number of rotatable bonds is 0. The van der Waals surface area contributed by atoms with Crippen LogP contribution in [0.4, 0.5) is 0 Å². The van der Waals surface area contributed by atoms with E-state index in [0.717, 1.165) is 0 Å². The monoisotopic (exact) mass is 113 g/mol. The maximum absolute atomic E-state index is 2.96. The summed E-state index contributed by atoms with van der Waals surface area (Å²) in [7, 11) is 0. The van der Waals surface area contributed by atoms with Crippen LogP contribution in [0.2, 0.25) is 0 Å². The molecule has 0 aromatic carbocycles. The van der Waals surface area contributed by atoms with Crippen LogP contribution in [0, 0.1) is 5.31 Å². The van der Waals surface area contributed by atoms with Gasteiger partial charge in [0, 0.05) is 15.9 Å². The largest absolute Gasteiger partial charge is 0.316 e. The Morgan fingerprint density at radius 1 is 1.57 bits per heavy atom. The van der Waals surface area contributed by atoms with Gasteiger partial charge in [-0.3, -0.25) is 0 Å². The first-order valence-electron chi connectivity index (χ1n) is 2.16. The zero-order valence-corrected chi connectivity index (χ0v) is 5.22. The van der Waals surface area contributed by atoms with Crippen LogP contribution in [0.1, 0.15) is 13.8 Å². The highest BCUT2D eigenvalue weighted by Crippen LogP contribution is 2.10. The fraction of sp³-hybridized carbons (Fsp3) is 0.400. The Morgan fingerprint density at radius 3 is 2.43 bits per heavy atom. The molecule has 0 aliphatic carbocycles. The summed E-state index contributed by atoms with van der Waals surface area (Å²) in [6.45, 7) is 4.12. The maximum atomic E-state index is 2.96. The van der Waals surface area contributed by atoms with Gasteiger partial charge >= 0.3 is 0 Å². The van der Waals surface area contributed by atoms with Crippen LogP contribution in [0.25, 0.3) is 0 Å². The maximum Gasteiger partial charge on any atom is 0.0336 e. The fourth-order valence-corrected chi connectivity index (χ4v) is 0.905. The molecule has 1 N–H and O–H groups in total. The quantitative estimate of drug-likeness (QED) is 0.502. The third-order valence-corrected chi connectivity index (χ3v) is 1.79. The second-order valence-electron chi connectivity index (χ2n) is 1.51. The zero-order chi connectivity index (χ0) is 5.28. The Morgan fingerprint density at radius 2 is 2.29 bits per heavy atom. The summed E-state index contributed by atoms with van der Waals surface area (Å²) >= 11 is 1.62. The van der Waals surface area contributed by atoms with E-state index in [1.807, 2.05) is 6.92 Å². The summed E-state index contributed by atoms with van der Waals surface area (Å²) in [5.74, 6) is 0. The van der Waals surface area contributed by atoms with Gasteiger partial charge in [-0.15, -0.1) is 0 Å². The van der Waals surface area contributed by atoms with Gasteiger partial charge in [-0.05, 0) is 13.8 Å². The van der Waals surface area contributed by atoms with E-state index in [-0.39, 0.29) is 0 Å². The molecular weight excluding hydrogens is 106 g/mol. The van der Waals surface area contributed by atoms with Crippen molar-refractivity contribution >= 4 is 11.2 Å². The van der Waals surface area contributed by atoms with Crippen LogP contribution < -0.4 is 5.32 Å². The van der Waals surface area contributed by atoms with Crippen LogP contribution in [0.3, 0.4) is 0 Å². The Balaban J connectivity index is 2.88. The molecule has 1 nitrogen and oxygen atoms in total. The smallest absolute Gasteiger partial charge is 0.0336 e. The van der Waals surface area contributed by atoms with Gasteiger partial charge < -0.3 is 5.32 Å². The highest BCUT2D eigenvalue weighted by atomic mass is 32.1. The second kappa shape index (κ2) is 1.57. The van der Waals surface area contributed by atoms with Crippen molar-refractivity contribution in [1.82, 2.24) is 5.32 Å². The molecule has 0 bridgehead atoms. The highest BCUT2D eigenvalue weighted by molar-refractivity contribution is 7.92. The lowest BCUT2D eigenvalue weighted by atomic mass is 10.5. The summed E-state index contributed by atoms with van der Waals surface area (Å²) in [4.78, 5) is 1.32. The van der Waals surface area contributed by atoms with Gasteiger partial charge in [0.15, 0.2) is 0 Å². The first-order valence-corrected chi connectivity index (χ1v) is 2.97. The van der Waals surface area contributed by atoms with Crippen LogP contribution >= 0.6 is 11.2 Å². The third-order valence-electron chi connectivity index (χ3n) is 0.971. The normalized spacial score (nSPS) is 16.9. The summed E-state index contributed by atoms with van der Waals surface area (Å²) in [5.41, 5.74) is 1.23. The predicted molar refractivity (Wildman–Crippen MR) is 33.0 cm³/mol. The summed E-state index contributed by atoms with van der Waals surface area (Å²) in [5, 5.41) is 5.88. The van der Waals surface area contributed by atoms with Crippen molar-refractivity contribution in [3.8, 4) is 5.31 Å². The van der Waals surface area contributed by atoms with E-state index in [0.29, 0.717) is 0 Å². The van der Waals surface area contributed by atoms with E-state index in [1.54, 1.807) is 11.2 Å². The van der Waals surface area contributed by atoms with Gasteiger partial charge in [0.2, 0.25) is 0 Å². The van der Waals surface area contributed by atoms with Gasteiger partial charge in [-0.2, -0.15) is 0 Å². The topological polar surface area (TPSA) is 12.0 Å². The number of allylic oxidation sites excluding steroid dienone is 2. The molecule has 0 fully saturated rings. The Hall–Kier alpha value is -0.460. The molecular formula is C5H7NS. The third kappa shape index (κ3) is 0.763. The van der Waals surface area contributed by atoms with Crippen molar-refractivity contribution in [3.05, 3.63) is 10.6 Å². The fourth-order valence-electron chi connectivity index (χ4n) is 0.343. The van der Waals surface area contributed by atoms with E-state index in [4.69, 9.17) is 0 Å². The van der Waals surface area contributed by atoms with Gasteiger partial charge in [-0.1, -0.05) is 11.2 Å². The van der Waals surface area contributed by atoms with Crippen molar-refractivity contribution in [3.63, 3.8) is 0 Å². The zero-order valence-electron chi connectivity index (χ0n) is 4.41. The number of nitrogens with one attached hydrogen (secondary N) is 1. The Bertz CT molecular complexity index is 170. The van der Waals surface area contributed by atoms with Gasteiger partial charge in [0.1, 0.15) is 0 Å². The molecule has 38 valence electrons. The molecule has 1 heterocycles. The van der Waals surface area contributed by atoms with Gasteiger partial charge in [-0.25, -0.2) is 0 Å². The van der Waals surface area contributed by atoms with E-state index < -0.39 is 0 Å². The van der Waals surface area contributed by atoms with Crippen LogP contribution in [0.5, 0.6) is 0 Å². The minimum atomic E-state index is 1.23. The first-order chi connectivity index (χ1) is 3.30. The SMILES string of the molecule is CC1=C(C)S#CN1. The van der Waals surface area contributed by atoms with E-state index in [2.05, 4.69) is 17.5 Å². The van der Waals surface area contributed by atoms with E-state index in [1.165, 1.54) is 10.6 Å². The molecule has 1 rings (SSSR count). The van der Waals surface area contributed by atoms with Crippen LogP contribution in [-0.2, 0) is 0 Å². The lowest BCUT2D eigenvalue weighted by molar-refractivity contribution is 1.10. The molecule has 0 amide bonds. The number of hydrogen-bond donors (Lipinski definition) is 1. The highest BCUT2D eigenvalue weighted by Gasteiger charge is 1.93. The summed E-state index contributed by atoms with van der Waals surface area (Å²) in [6.07, 6.45) is 0. The lowest BCUT2D eigenvalue weighted by Gasteiger charge is -1.88. The summed E-state index contributed by atoms with van der Waals surface area (Å²) < 4.78 is 0. The minimum Gasteiger partial charge on any atom is -0.316 e. The Labute approximate surface area is 47.0 Å². The van der Waals surface area contributed by atoms with Crippen molar-refractivity contribution in [1.29, 1.82) is 0 Å². The molecule has 2 heteroatoms. The van der Waals surface area contributed by atoms with Gasteiger partial charge in [0.05, 0.1) is 0 Å². The van der Waals surface area contributed by atoms with E-state index in [9.17, 15) is 0 Å². The standard InChI is InChI=1S/C5H7NS/c1-4-5(2)7-3-6-4/h6H,1-2H3. The molecule has 0 aromatic rings. The van der Waals surface area contributed by atoms with Crippen molar-refractivity contribution in [2.45, 2.75) is 13.8 Å². The molecule has 0 spiro atoms. The van der Waals surface area contributed by atoms with Gasteiger partial charge in [0.25, 0.3) is 0 Å². The molecule has 0 aromatic heterocycles.